The van der Waals surface area contributed by atoms with E-state index >= 15 is 0 Å². The van der Waals surface area contributed by atoms with E-state index in [1.165, 1.54) is 17.3 Å². The number of nitrogen functional groups attached to an aromatic ring is 1. The zero-order valence-corrected chi connectivity index (χ0v) is 11.9. The van der Waals surface area contributed by atoms with Gasteiger partial charge in [0.05, 0.1) is 5.69 Å². The first-order valence-electron chi connectivity index (χ1n) is 5.80. The van der Waals surface area contributed by atoms with E-state index in [4.69, 9.17) is 5.73 Å². The second kappa shape index (κ2) is 4.97. The zero-order valence-electron chi connectivity index (χ0n) is 11.1. The van der Waals surface area contributed by atoms with E-state index in [0.29, 0.717) is 11.0 Å². The molecule has 96 valence electrons. The summed E-state index contributed by atoms with van der Waals surface area (Å²) in [6, 6.07) is 1.75. The Hall–Kier alpha value is -1.56. The Balaban J connectivity index is 2.58. The standard InChI is InChI=1S/C12H17N5S/c1-5-9-7(2)16-17(8(9)3)11-6-10(13)14-12(15-11)18-4/h6H,5H2,1-4H3,(H2,13,14,15). The highest BCUT2D eigenvalue weighted by Crippen LogP contribution is 2.20. The van der Waals surface area contributed by atoms with Gasteiger partial charge in [-0.15, -0.1) is 0 Å². The minimum absolute atomic E-state index is 0.468. The summed E-state index contributed by atoms with van der Waals surface area (Å²) in [6.45, 7) is 6.20. The quantitative estimate of drug-likeness (QED) is 0.678. The average Bonchev–Trinajstić information content (AvgIpc) is 2.63. The molecule has 18 heavy (non-hydrogen) atoms. The third kappa shape index (κ3) is 2.20. The van der Waals surface area contributed by atoms with Gasteiger partial charge >= 0.3 is 0 Å². The molecule has 0 amide bonds. The summed E-state index contributed by atoms with van der Waals surface area (Å²) in [6.07, 6.45) is 2.89. The average molecular weight is 263 g/mol. The summed E-state index contributed by atoms with van der Waals surface area (Å²) in [7, 11) is 0. The molecule has 5 nitrogen and oxygen atoms in total. The molecule has 0 aliphatic carbocycles. The van der Waals surface area contributed by atoms with Gasteiger partial charge in [-0.1, -0.05) is 18.7 Å². The van der Waals surface area contributed by atoms with Gasteiger partial charge in [0.2, 0.25) is 0 Å². The first kappa shape index (κ1) is 12.9. The largest absolute Gasteiger partial charge is 0.383 e. The van der Waals surface area contributed by atoms with Crippen LogP contribution < -0.4 is 5.73 Å². The van der Waals surface area contributed by atoms with Crippen LogP contribution in [0.1, 0.15) is 23.9 Å². The van der Waals surface area contributed by atoms with Crippen molar-refractivity contribution in [3.63, 3.8) is 0 Å². The fourth-order valence-corrected chi connectivity index (χ4v) is 2.42. The molecule has 6 heteroatoms. The van der Waals surface area contributed by atoms with E-state index < -0.39 is 0 Å². The van der Waals surface area contributed by atoms with Crippen molar-refractivity contribution in [1.29, 1.82) is 0 Å². The summed E-state index contributed by atoms with van der Waals surface area (Å²) in [5.41, 5.74) is 9.21. The second-order valence-corrected chi connectivity index (χ2v) is 4.83. The van der Waals surface area contributed by atoms with Crippen LogP contribution in [-0.2, 0) is 6.42 Å². The lowest BCUT2D eigenvalue weighted by molar-refractivity contribution is 0.778. The van der Waals surface area contributed by atoms with Crippen molar-refractivity contribution in [2.75, 3.05) is 12.0 Å². The SMILES string of the molecule is CCc1c(C)nn(-c2cc(N)nc(SC)n2)c1C. The Morgan fingerprint density at radius 1 is 1.33 bits per heavy atom. The van der Waals surface area contributed by atoms with Crippen molar-refractivity contribution in [3.8, 4) is 5.82 Å². The topological polar surface area (TPSA) is 69.6 Å². The number of anilines is 1. The molecule has 2 rings (SSSR count). The first-order valence-corrected chi connectivity index (χ1v) is 7.03. The number of rotatable bonds is 3. The number of nitrogens with two attached hydrogens (primary N) is 1. The molecule has 0 aliphatic heterocycles. The number of aromatic nitrogens is 4. The molecule has 2 aromatic heterocycles. The first-order chi connectivity index (χ1) is 8.56. The lowest BCUT2D eigenvalue weighted by Gasteiger charge is -2.06. The van der Waals surface area contributed by atoms with Crippen LogP contribution in [0.4, 0.5) is 5.82 Å². The highest BCUT2D eigenvalue weighted by Gasteiger charge is 2.13. The monoisotopic (exact) mass is 263 g/mol. The minimum Gasteiger partial charge on any atom is -0.383 e. The van der Waals surface area contributed by atoms with Crippen molar-refractivity contribution in [2.45, 2.75) is 32.3 Å². The Kier molecular flexibility index (Phi) is 3.56. The summed E-state index contributed by atoms with van der Waals surface area (Å²) < 4.78 is 1.84. The van der Waals surface area contributed by atoms with E-state index in [2.05, 4.69) is 28.9 Å². The number of hydrogen-bond donors (Lipinski definition) is 1. The fraction of sp³-hybridized carbons (Fsp3) is 0.417. The molecule has 2 aromatic rings. The smallest absolute Gasteiger partial charge is 0.191 e. The molecule has 2 heterocycles. The molecule has 0 bridgehead atoms. The van der Waals surface area contributed by atoms with Gasteiger partial charge in [-0.25, -0.2) is 14.6 Å². The Labute approximate surface area is 111 Å². The molecule has 0 aromatic carbocycles. The van der Waals surface area contributed by atoms with E-state index in [1.54, 1.807) is 6.07 Å². The van der Waals surface area contributed by atoms with Crippen LogP contribution in [0.25, 0.3) is 5.82 Å². The summed E-state index contributed by atoms with van der Waals surface area (Å²) in [5.74, 6) is 1.20. The van der Waals surface area contributed by atoms with Gasteiger partial charge < -0.3 is 5.73 Å². The predicted molar refractivity (Wildman–Crippen MR) is 74.2 cm³/mol. The molecule has 0 saturated carbocycles. The molecule has 0 saturated heterocycles. The highest BCUT2D eigenvalue weighted by atomic mass is 32.2. The fourth-order valence-electron chi connectivity index (χ4n) is 2.04. The summed E-state index contributed by atoms with van der Waals surface area (Å²) >= 11 is 1.47. The molecule has 0 unspecified atom stereocenters. The van der Waals surface area contributed by atoms with Crippen molar-refractivity contribution in [3.05, 3.63) is 23.0 Å². The van der Waals surface area contributed by atoms with E-state index in [-0.39, 0.29) is 0 Å². The van der Waals surface area contributed by atoms with Crippen LogP contribution in [-0.4, -0.2) is 26.0 Å². The summed E-state index contributed by atoms with van der Waals surface area (Å²) in [4.78, 5) is 8.59. The van der Waals surface area contributed by atoms with Gasteiger partial charge in [-0.05, 0) is 32.1 Å². The molecule has 0 fully saturated rings. The van der Waals surface area contributed by atoms with Gasteiger partial charge in [-0.2, -0.15) is 5.10 Å². The van der Waals surface area contributed by atoms with Crippen LogP contribution in [0.15, 0.2) is 11.2 Å². The van der Waals surface area contributed by atoms with Gasteiger partial charge in [0, 0.05) is 11.8 Å². The molecule has 2 N–H and O–H groups in total. The molecule has 0 atom stereocenters. The van der Waals surface area contributed by atoms with Crippen LogP contribution in [0.2, 0.25) is 0 Å². The van der Waals surface area contributed by atoms with Crippen LogP contribution >= 0.6 is 11.8 Å². The van der Waals surface area contributed by atoms with Crippen molar-refractivity contribution < 1.29 is 0 Å². The highest BCUT2D eigenvalue weighted by molar-refractivity contribution is 7.98. The van der Waals surface area contributed by atoms with E-state index in [0.717, 1.165) is 23.6 Å². The molecule has 0 spiro atoms. The normalized spacial score (nSPS) is 10.9. The molecular formula is C12H17N5S. The van der Waals surface area contributed by atoms with Gasteiger partial charge in [-0.3, -0.25) is 0 Å². The predicted octanol–water partition coefficient (Wildman–Crippen LogP) is 2.15. The van der Waals surface area contributed by atoms with E-state index in [1.807, 2.05) is 17.9 Å². The molecule has 0 aliphatic rings. The Morgan fingerprint density at radius 2 is 2.06 bits per heavy atom. The maximum atomic E-state index is 5.79. The lowest BCUT2D eigenvalue weighted by Crippen LogP contribution is -2.06. The minimum atomic E-state index is 0.468. The molecule has 0 radical (unpaired) electrons. The summed E-state index contributed by atoms with van der Waals surface area (Å²) in [5, 5.41) is 5.19. The number of nitrogens with zero attached hydrogens (tertiary/aromatic N) is 4. The van der Waals surface area contributed by atoms with E-state index in [9.17, 15) is 0 Å². The van der Waals surface area contributed by atoms with Crippen LogP contribution in [0, 0.1) is 13.8 Å². The third-order valence-electron chi connectivity index (χ3n) is 2.91. The third-order valence-corrected chi connectivity index (χ3v) is 3.45. The van der Waals surface area contributed by atoms with Crippen molar-refractivity contribution in [2.24, 2.45) is 0 Å². The lowest BCUT2D eigenvalue weighted by atomic mass is 10.1. The maximum absolute atomic E-state index is 5.79. The number of hydrogen-bond acceptors (Lipinski definition) is 5. The van der Waals surface area contributed by atoms with Gasteiger partial charge in [0.1, 0.15) is 5.82 Å². The number of thioether (sulfide) groups is 1. The molecular weight excluding hydrogens is 246 g/mol. The van der Waals surface area contributed by atoms with Gasteiger partial charge in [0.15, 0.2) is 11.0 Å². The maximum Gasteiger partial charge on any atom is 0.191 e. The number of aryl methyl sites for hydroxylation is 1. The van der Waals surface area contributed by atoms with Gasteiger partial charge in [0.25, 0.3) is 0 Å². The Bertz CT molecular complexity index is 576. The zero-order chi connectivity index (χ0) is 13.3. The Morgan fingerprint density at radius 3 is 2.61 bits per heavy atom. The van der Waals surface area contributed by atoms with Crippen LogP contribution in [0.5, 0.6) is 0 Å². The van der Waals surface area contributed by atoms with Crippen molar-refractivity contribution in [1.82, 2.24) is 19.7 Å². The van der Waals surface area contributed by atoms with Crippen molar-refractivity contribution >= 4 is 17.6 Å². The second-order valence-electron chi connectivity index (χ2n) is 4.05. The van der Waals surface area contributed by atoms with Crippen LogP contribution in [0.3, 0.4) is 0 Å².